The molecule has 0 amide bonds. The van der Waals surface area contributed by atoms with Crippen molar-refractivity contribution in [3.05, 3.63) is 0 Å². The Kier molecular flexibility index (Phi) is 12.1. The first kappa shape index (κ1) is 33.5. The van der Waals surface area contributed by atoms with Gasteiger partial charge in [0.05, 0.1) is 12.6 Å². The Labute approximate surface area is 217 Å². The fraction of sp³-hybridized carbons (Fsp3) is 1.00. The molecule has 6 unspecified atom stereocenters. The predicted molar refractivity (Wildman–Crippen MR) is 122 cm³/mol. The van der Waals surface area contributed by atoms with E-state index in [1.54, 1.807) is 0 Å². The highest BCUT2D eigenvalue weighted by Gasteiger charge is 2.51. The molecule has 0 radical (unpaired) electrons. The van der Waals surface area contributed by atoms with Crippen molar-refractivity contribution >= 4 is 10.4 Å². The number of rotatable bonds is 6. The van der Waals surface area contributed by atoms with Gasteiger partial charge < -0.3 is 77.6 Å². The van der Waals surface area contributed by atoms with Gasteiger partial charge in [-0.1, -0.05) is 0 Å². The fourth-order valence-electron chi connectivity index (χ4n) is 4.40. The smallest absolute Gasteiger partial charge is 0.394 e. The quantitative estimate of drug-likeness (QED) is 0.129. The zero-order valence-electron chi connectivity index (χ0n) is 20.0. The van der Waals surface area contributed by atoms with Crippen molar-refractivity contribution in [3.8, 4) is 0 Å². The summed E-state index contributed by atoms with van der Waals surface area (Å²) in [6.45, 7) is -0.763. The molecular weight excluding hydrogens is 544 g/mol. The Balaban J connectivity index is 0.000000926. The van der Waals surface area contributed by atoms with E-state index < -0.39 is 109 Å². The van der Waals surface area contributed by atoms with E-state index in [-0.39, 0.29) is 13.0 Å². The van der Waals surface area contributed by atoms with E-state index in [9.17, 15) is 35.7 Å². The van der Waals surface area contributed by atoms with Gasteiger partial charge >= 0.3 is 10.4 Å². The van der Waals surface area contributed by atoms with E-state index in [0.29, 0.717) is 0 Å². The summed E-state index contributed by atoms with van der Waals surface area (Å²) in [6.07, 6.45) is -16.5. The molecule has 38 heavy (non-hydrogen) atoms. The highest BCUT2D eigenvalue weighted by atomic mass is 32.3. The van der Waals surface area contributed by atoms with Crippen LogP contribution < -0.4 is 22.9 Å². The van der Waals surface area contributed by atoms with Crippen LogP contribution in [0.1, 0.15) is 6.42 Å². The van der Waals surface area contributed by atoms with Gasteiger partial charge in [0.2, 0.25) is 0 Å². The molecule has 2 heterocycles. The summed E-state index contributed by atoms with van der Waals surface area (Å²) in [7, 11) is -4.67. The van der Waals surface area contributed by atoms with Crippen LogP contribution in [0.2, 0.25) is 0 Å². The highest BCUT2D eigenvalue weighted by molar-refractivity contribution is 7.79. The summed E-state index contributed by atoms with van der Waals surface area (Å²) in [5.41, 5.74) is 23.5. The minimum absolute atomic E-state index is 0.0849. The Morgan fingerprint density at radius 1 is 0.711 bits per heavy atom. The second-order valence-corrected chi connectivity index (χ2v) is 10.1. The zero-order valence-corrected chi connectivity index (χ0v) is 20.8. The Hall–Kier alpha value is -0.730. The van der Waals surface area contributed by atoms with Gasteiger partial charge in [0.15, 0.2) is 12.6 Å². The molecule has 226 valence electrons. The van der Waals surface area contributed by atoms with Crippen LogP contribution in [-0.4, -0.2) is 158 Å². The molecule has 2 saturated heterocycles. The first-order valence-corrected chi connectivity index (χ1v) is 12.9. The van der Waals surface area contributed by atoms with Crippen molar-refractivity contribution in [2.75, 3.05) is 13.2 Å². The Morgan fingerprint density at radius 2 is 1.16 bits per heavy atom. The van der Waals surface area contributed by atoms with E-state index in [1.807, 2.05) is 0 Å². The average Bonchev–Trinajstić information content (AvgIpc) is 2.83. The maximum absolute atomic E-state index is 10.9. The molecule has 3 rings (SSSR count). The molecule has 0 bridgehead atoms. The van der Waals surface area contributed by atoms with Gasteiger partial charge in [-0.25, -0.2) is 0 Å². The van der Waals surface area contributed by atoms with Crippen molar-refractivity contribution in [2.24, 2.45) is 22.9 Å². The summed E-state index contributed by atoms with van der Waals surface area (Å²) < 4.78 is 53.8. The van der Waals surface area contributed by atoms with Gasteiger partial charge in [0.1, 0.15) is 61.0 Å². The second kappa shape index (κ2) is 13.8. The third-order valence-electron chi connectivity index (χ3n) is 6.48. The van der Waals surface area contributed by atoms with Crippen molar-refractivity contribution < 1.29 is 72.2 Å². The largest absolute Gasteiger partial charge is 0.394 e. The second-order valence-electron chi connectivity index (χ2n) is 9.24. The maximum atomic E-state index is 10.9. The van der Waals surface area contributed by atoms with E-state index in [1.165, 1.54) is 0 Å². The molecule has 17 N–H and O–H groups in total. The molecule has 1 saturated carbocycles. The molecule has 20 heteroatoms. The summed E-state index contributed by atoms with van der Waals surface area (Å²) in [5.74, 6) is 0. The van der Waals surface area contributed by atoms with E-state index in [2.05, 4.69) is 0 Å². The van der Waals surface area contributed by atoms with Crippen LogP contribution in [0.15, 0.2) is 0 Å². The van der Waals surface area contributed by atoms with Crippen LogP contribution in [0.3, 0.4) is 0 Å². The molecule has 19 nitrogen and oxygen atoms in total. The summed E-state index contributed by atoms with van der Waals surface area (Å²) in [4.78, 5) is 0. The number of aliphatic hydroxyl groups is 7. The molecule has 15 atom stereocenters. The van der Waals surface area contributed by atoms with Gasteiger partial charge in [-0.15, -0.1) is 0 Å². The first-order chi connectivity index (χ1) is 17.5. The topological polar surface area (TPSA) is 357 Å². The molecule has 1 aliphatic carbocycles. The Morgan fingerprint density at radius 3 is 1.61 bits per heavy atom. The molecule has 0 aromatic rings. The van der Waals surface area contributed by atoms with Crippen molar-refractivity contribution in [3.63, 3.8) is 0 Å². The minimum Gasteiger partial charge on any atom is -0.394 e. The summed E-state index contributed by atoms with van der Waals surface area (Å²) in [5, 5.41) is 70.9. The summed E-state index contributed by atoms with van der Waals surface area (Å²) >= 11 is 0. The molecular formula is C18H38N4O15S. The van der Waals surface area contributed by atoms with Crippen LogP contribution in [0.5, 0.6) is 0 Å². The van der Waals surface area contributed by atoms with Gasteiger partial charge in [0, 0.05) is 18.6 Å². The van der Waals surface area contributed by atoms with E-state index in [0.717, 1.165) is 0 Å². The standard InChI is InChI=1S/C18H36N4O11.H2O4S/c19-2-6-10(25)12(27)13(28)18(30-6)33-16-5(21)1-4(20)15(14(16)29)32-17-11(26)8(22)9(24)7(3-23)31-17;1-5(2,3)4/h4-18,23-29H,1-3,19-22H2;(H2,1,2,3,4)/t4-,5?,6?,7?,8?,9-,10-,11-,12+,13?,14-,15?,16-,17-,18+;/m1./s1. The molecule has 0 spiro atoms. The molecule has 0 aromatic carbocycles. The monoisotopic (exact) mass is 582 g/mol. The fourth-order valence-corrected chi connectivity index (χ4v) is 4.40. The number of nitrogens with two attached hydrogens (primary N) is 4. The molecule has 0 aromatic heterocycles. The lowest BCUT2D eigenvalue weighted by molar-refractivity contribution is -0.332. The van der Waals surface area contributed by atoms with Crippen molar-refractivity contribution in [2.45, 2.75) is 98.2 Å². The average molecular weight is 583 g/mol. The minimum atomic E-state index is -4.67. The number of hydrogen-bond donors (Lipinski definition) is 13. The van der Waals surface area contributed by atoms with Gasteiger partial charge in [-0.2, -0.15) is 8.42 Å². The predicted octanol–water partition coefficient (Wildman–Crippen LogP) is -7.94. The maximum Gasteiger partial charge on any atom is 0.394 e. The number of hydrogen-bond acceptors (Lipinski definition) is 17. The third-order valence-corrected chi connectivity index (χ3v) is 6.48. The normalized spacial score (nSPS) is 48.2. The van der Waals surface area contributed by atoms with Gasteiger partial charge in [0.25, 0.3) is 0 Å². The third kappa shape index (κ3) is 8.15. The lowest BCUT2D eigenvalue weighted by Crippen LogP contribution is -2.68. The van der Waals surface area contributed by atoms with Gasteiger partial charge in [-0.05, 0) is 6.42 Å². The highest BCUT2D eigenvalue weighted by Crippen LogP contribution is 2.31. The van der Waals surface area contributed by atoms with E-state index >= 15 is 0 Å². The van der Waals surface area contributed by atoms with Crippen molar-refractivity contribution in [1.29, 1.82) is 0 Å². The Bertz CT molecular complexity index is 783. The lowest BCUT2D eigenvalue weighted by Gasteiger charge is -2.48. The van der Waals surface area contributed by atoms with Crippen LogP contribution in [0.25, 0.3) is 0 Å². The number of aliphatic hydroxyl groups excluding tert-OH is 7. The van der Waals surface area contributed by atoms with Crippen LogP contribution in [0, 0.1) is 0 Å². The van der Waals surface area contributed by atoms with Crippen LogP contribution in [-0.2, 0) is 29.3 Å². The summed E-state index contributed by atoms with van der Waals surface area (Å²) in [6, 6.07) is -2.86. The number of ether oxygens (including phenoxy) is 4. The molecule has 3 fully saturated rings. The van der Waals surface area contributed by atoms with Crippen molar-refractivity contribution in [1.82, 2.24) is 0 Å². The van der Waals surface area contributed by atoms with E-state index in [4.69, 9.17) is 59.4 Å². The molecule has 2 aliphatic heterocycles. The molecule has 3 aliphatic rings. The lowest BCUT2D eigenvalue weighted by atomic mass is 9.84. The zero-order chi connectivity index (χ0) is 29.1. The van der Waals surface area contributed by atoms with Crippen LogP contribution in [0.4, 0.5) is 0 Å². The first-order valence-electron chi connectivity index (χ1n) is 11.5. The van der Waals surface area contributed by atoms with Gasteiger partial charge in [-0.3, -0.25) is 9.11 Å². The van der Waals surface area contributed by atoms with Crippen LogP contribution >= 0.6 is 0 Å². The SMILES string of the molecule is NCC1O[C@@H](O[C@@H]2C(N)C[C@@H](N)C(O[C@H]3OC(CO)[C@@H](O)C(N)[C@H]3O)[C@H]2O)C(O)[C@@H](O)[C@@H]1O.O=S(=O)(O)O.